The van der Waals surface area contributed by atoms with E-state index < -0.39 is 18.5 Å². The fourth-order valence-electron chi connectivity index (χ4n) is 0. The topological polar surface area (TPSA) is 221 Å². The number of carbonyl (C=O) groups is 3. The normalized spacial score (nSPS) is 4.80. The van der Waals surface area contributed by atoms with E-state index in [-0.39, 0.29) is 81.0 Å². The Hall–Kier alpha value is 0.289. The Labute approximate surface area is 142 Å². The molecule has 0 aromatic carbocycles. The predicted octanol–water partition coefficient (Wildman–Crippen LogP) is -8.17. The fourth-order valence-corrected chi connectivity index (χ4v) is 0. The molecule has 0 aliphatic heterocycles. The SMILES string of the molecule is O.O=C([O-])[O-].O=C([O-])[O-].O=C([O-])[O-].[Ho+3].[Ho+3]. The first-order valence-electron chi connectivity index (χ1n) is 1.84. The van der Waals surface area contributed by atoms with Gasteiger partial charge in [-0.05, 0) is 18.5 Å². The van der Waals surface area contributed by atoms with Gasteiger partial charge in [0.15, 0.2) is 0 Å². The summed E-state index contributed by atoms with van der Waals surface area (Å²) in [6.45, 7) is 0. The minimum atomic E-state index is -2.33. The van der Waals surface area contributed by atoms with Gasteiger partial charge in [0.05, 0.1) is 0 Å². The maximum absolute atomic E-state index is 8.33. The zero-order chi connectivity index (χ0) is 10.7. The summed E-state index contributed by atoms with van der Waals surface area (Å²) in [5, 5.41) is 50.0. The van der Waals surface area contributed by atoms with Gasteiger partial charge in [-0.25, -0.2) is 0 Å². The first-order valence-corrected chi connectivity index (χ1v) is 1.84. The van der Waals surface area contributed by atoms with Gasteiger partial charge in [-0.1, -0.05) is 0 Å². The molecule has 2 N–H and O–H groups in total. The summed E-state index contributed by atoms with van der Waals surface area (Å²) in [6.07, 6.45) is -7.00. The molecule has 0 spiro atoms. The van der Waals surface area contributed by atoms with Crippen molar-refractivity contribution in [3.8, 4) is 0 Å². The Morgan fingerprint density at radius 1 is 0.533 bits per heavy atom. The van der Waals surface area contributed by atoms with Crippen molar-refractivity contribution >= 4 is 18.5 Å². The predicted molar refractivity (Wildman–Crippen MR) is 19.8 cm³/mol. The van der Waals surface area contributed by atoms with Crippen molar-refractivity contribution < 1.29 is 126 Å². The summed E-state index contributed by atoms with van der Waals surface area (Å²) < 4.78 is 0. The van der Waals surface area contributed by atoms with Gasteiger partial charge in [0.25, 0.3) is 0 Å². The quantitative estimate of drug-likeness (QED) is 0.272. The van der Waals surface area contributed by atoms with E-state index in [0.717, 1.165) is 0 Å². The van der Waals surface area contributed by atoms with Crippen LogP contribution in [-0.4, -0.2) is 23.9 Å². The van der Waals surface area contributed by atoms with Gasteiger partial charge in [0.1, 0.15) is 0 Å². The number of carboxylic acid groups (broad SMARTS) is 6. The molecule has 0 aromatic rings. The molecule has 12 heteroatoms. The van der Waals surface area contributed by atoms with Gasteiger partial charge in [-0.15, -0.1) is 0 Å². The van der Waals surface area contributed by atoms with Crippen LogP contribution < -0.4 is 30.6 Å². The minimum absolute atomic E-state index is 0. The molecule has 0 saturated carbocycles. The average molecular weight is 528 g/mol. The summed E-state index contributed by atoms with van der Waals surface area (Å²) >= 11 is 0. The molecular weight excluding hydrogens is 526 g/mol. The van der Waals surface area contributed by atoms with Gasteiger partial charge in [-0.2, -0.15) is 0 Å². The monoisotopic (exact) mass is 528 g/mol. The molecular formula is C3H2Ho2O10. The van der Waals surface area contributed by atoms with Gasteiger partial charge in [-0.3, -0.25) is 0 Å². The standard InChI is InChI=1S/3CH2O3.2Ho.H2O/c3*2-1(3)4;;;/h3*(H2,2,3,4);;;1H2/q;;;2*+3;/p-6. The third-order valence-electron chi connectivity index (χ3n) is 0. The van der Waals surface area contributed by atoms with E-state index in [1.165, 1.54) is 0 Å². The van der Waals surface area contributed by atoms with Crippen LogP contribution in [0.2, 0.25) is 0 Å². The molecule has 0 radical (unpaired) electrons. The Bertz CT molecular complexity index is 116. The van der Waals surface area contributed by atoms with Crippen molar-refractivity contribution in [2.45, 2.75) is 0 Å². The molecule has 0 unspecified atom stereocenters. The van der Waals surface area contributed by atoms with E-state index in [0.29, 0.717) is 0 Å². The van der Waals surface area contributed by atoms with Gasteiger partial charge < -0.3 is 50.5 Å². The summed E-state index contributed by atoms with van der Waals surface area (Å²) in [6, 6.07) is 0. The fraction of sp³-hybridized carbons (Fsp3) is 0. The third-order valence-corrected chi connectivity index (χ3v) is 0. The number of rotatable bonds is 0. The first kappa shape index (κ1) is 36.2. The van der Waals surface area contributed by atoms with E-state index >= 15 is 0 Å². The maximum Gasteiger partial charge on any atom is 3.00 e. The van der Waals surface area contributed by atoms with Crippen LogP contribution in [0.15, 0.2) is 0 Å². The molecule has 0 heterocycles. The Kier molecular flexibility index (Phi) is 70.5. The van der Waals surface area contributed by atoms with Crippen LogP contribution in [0.3, 0.4) is 0 Å². The number of hydrogen-bond donors (Lipinski definition) is 0. The van der Waals surface area contributed by atoms with E-state index in [1.54, 1.807) is 0 Å². The third kappa shape index (κ3) is 25800. The molecule has 15 heavy (non-hydrogen) atoms. The van der Waals surface area contributed by atoms with Crippen molar-refractivity contribution in [1.82, 2.24) is 0 Å². The van der Waals surface area contributed by atoms with Gasteiger partial charge in [0.2, 0.25) is 0 Å². The number of carbonyl (C=O) groups excluding carboxylic acids is 3. The molecule has 0 atom stereocenters. The van der Waals surface area contributed by atoms with Crippen molar-refractivity contribution in [2.75, 3.05) is 0 Å². The summed E-state index contributed by atoms with van der Waals surface area (Å²) in [5.74, 6) is 0. The Balaban J connectivity index is -0.0000000184. The maximum atomic E-state index is 8.33. The average Bonchev–Trinajstić information content (AvgIpc) is 1.54. The summed E-state index contributed by atoms with van der Waals surface area (Å²) in [7, 11) is 0. The molecule has 96 valence electrons. The van der Waals surface area contributed by atoms with Gasteiger partial charge in [0, 0.05) is 0 Å². The molecule has 0 amide bonds. The summed E-state index contributed by atoms with van der Waals surface area (Å²) in [5.41, 5.74) is 0. The van der Waals surface area contributed by atoms with Crippen LogP contribution in [0.25, 0.3) is 0 Å². The van der Waals surface area contributed by atoms with Crippen LogP contribution in [-0.2, 0) is 0 Å². The van der Waals surface area contributed by atoms with E-state index in [4.69, 9.17) is 45.0 Å². The smallest absolute Gasteiger partial charge is 0.652 e. The Morgan fingerprint density at radius 2 is 0.533 bits per heavy atom. The van der Waals surface area contributed by atoms with Crippen LogP contribution in [0, 0.1) is 75.5 Å². The van der Waals surface area contributed by atoms with Gasteiger partial charge >= 0.3 is 75.5 Å². The molecule has 0 aliphatic rings. The molecule has 0 fully saturated rings. The molecule has 10 nitrogen and oxygen atoms in total. The van der Waals surface area contributed by atoms with E-state index in [2.05, 4.69) is 0 Å². The van der Waals surface area contributed by atoms with E-state index in [1.807, 2.05) is 0 Å². The van der Waals surface area contributed by atoms with Crippen molar-refractivity contribution in [2.24, 2.45) is 0 Å². The van der Waals surface area contributed by atoms with Crippen molar-refractivity contribution in [1.29, 1.82) is 0 Å². The Morgan fingerprint density at radius 3 is 0.533 bits per heavy atom. The van der Waals surface area contributed by atoms with Crippen LogP contribution >= 0.6 is 0 Å². The van der Waals surface area contributed by atoms with Crippen LogP contribution in [0.1, 0.15) is 0 Å². The van der Waals surface area contributed by atoms with Crippen molar-refractivity contribution in [3.05, 3.63) is 0 Å². The number of hydrogen-bond acceptors (Lipinski definition) is 9. The second kappa shape index (κ2) is 29.2. The van der Waals surface area contributed by atoms with Crippen LogP contribution in [0.5, 0.6) is 0 Å². The summed E-state index contributed by atoms with van der Waals surface area (Å²) in [4.78, 5) is 25.0. The van der Waals surface area contributed by atoms with E-state index in [9.17, 15) is 0 Å². The minimum Gasteiger partial charge on any atom is -0.652 e. The molecule has 0 rings (SSSR count). The molecule has 0 bridgehead atoms. The molecule has 0 saturated heterocycles. The second-order valence-corrected chi connectivity index (χ2v) is 0.750. The largest absolute Gasteiger partial charge is 3.00 e. The van der Waals surface area contributed by atoms with Crippen molar-refractivity contribution in [3.63, 3.8) is 0 Å². The zero-order valence-corrected chi connectivity index (χ0v) is 10.1. The molecule has 0 aromatic heterocycles. The first-order chi connectivity index (χ1) is 5.20. The van der Waals surface area contributed by atoms with Crippen LogP contribution in [0.4, 0.5) is 14.4 Å². The molecule has 0 aliphatic carbocycles. The zero-order valence-electron chi connectivity index (χ0n) is 6.28. The second-order valence-electron chi connectivity index (χ2n) is 0.750.